The van der Waals surface area contributed by atoms with Gasteiger partial charge in [0.05, 0.1) is 44.7 Å². The third-order valence-electron chi connectivity index (χ3n) is 10.2. The third-order valence-corrected chi connectivity index (χ3v) is 10.2. The quantitative estimate of drug-likeness (QED) is 0.130. The monoisotopic (exact) mass is 752 g/mol. The van der Waals surface area contributed by atoms with Crippen LogP contribution in [0, 0.1) is 0 Å². The number of benzene rings is 7. The normalized spacial score (nSPS) is 13.2. The molecule has 9 rings (SSSR count). The Hall–Kier alpha value is -6.94. The van der Waals surface area contributed by atoms with E-state index >= 15 is 0 Å². The molecule has 0 spiro atoms. The number of amides is 2. The summed E-state index contributed by atoms with van der Waals surface area (Å²) in [4.78, 5) is 30.6. The van der Waals surface area contributed by atoms with E-state index in [0.29, 0.717) is 39.7 Å². The van der Waals surface area contributed by atoms with Crippen LogP contribution in [-0.4, -0.2) is 16.4 Å². The number of hydrogen-bond donors (Lipinski definition) is 0. The van der Waals surface area contributed by atoms with Crippen LogP contribution in [0.25, 0.3) is 60.9 Å². The van der Waals surface area contributed by atoms with Crippen molar-refractivity contribution < 1.29 is 35.9 Å². The molecule has 10 heteroatoms. The van der Waals surface area contributed by atoms with E-state index in [9.17, 15) is 35.9 Å². The van der Waals surface area contributed by atoms with Crippen LogP contribution in [0.4, 0.5) is 32.0 Å². The van der Waals surface area contributed by atoms with Crippen molar-refractivity contribution in [1.82, 2.24) is 4.57 Å². The average molecular weight is 753 g/mol. The van der Waals surface area contributed by atoms with Gasteiger partial charge < -0.3 is 4.57 Å². The van der Waals surface area contributed by atoms with Crippen molar-refractivity contribution >= 4 is 39.3 Å². The lowest BCUT2D eigenvalue weighted by Gasteiger charge is -2.20. The lowest BCUT2D eigenvalue weighted by Crippen LogP contribution is -2.30. The number of imide groups is 1. The number of nitrogens with zero attached hydrogens (tertiary/aromatic N) is 2. The number of aromatic nitrogens is 1. The number of anilines is 1. The Labute approximate surface area is 315 Å². The lowest BCUT2D eigenvalue weighted by molar-refractivity contribution is -0.143. The van der Waals surface area contributed by atoms with Crippen LogP contribution in [0.2, 0.25) is 0 Å². The predicted molar refractivity (Wildman–Crippen MR) is 205 cm³/mol. The molecule has 0 atom stereocenters. The first-order valence-electron chi connectivity index (χ1n) is 17.5. The first kappa shape index (κ1) is 34.8. The Bertz CT molecular complexity index is 2850. The fourth-order valence-electron chi connectivity index (χ4n) is 7.67. The molecule has 274 valence electrons. The van der Waals surface area contributed by atoms with Gasteiger partial charge in [0, 0.05) is 21.9 Å². The van der Waals surface area contributed by atoms with Crippen molar-refractivity contribution in [2.24, 2.45) is 0 Å². The van der Waals surface area contributed by atoms with E-state index < -0.39 is 35.3 Å². The van der Waals surface area contributed by atoms with Crippen molar-refractivity contribution in [3.63, 3.8) is 0 Å². The lowest BCUT2D eigenvalue weighted by atomic mass is 9.97. The van der Waals surface area contributed by atoms with Crippen LogP contribution in [0.1, 0.15) is 31.8 Å². The van der Waals surface area contributed by atoms with E-state index in [-0.39, 0.29) is 39.5 Å². The van der Waals surface area contributed by atoms with E-state index in [1.54, 1.807) is 65.2 Å². The van der Waals surface area contributed by atoms with Gasteiger partial charge >= 0.3 is 12.4 Å². The molecule has 0 fully saturated rings. The second-order valence-corrected chi connectivity index (χ2v) is 13.5. The van der Waals surface area contributed by atoms with Crippen LogP contribution in [0.3, 0.4) is 0 Å². The molecule has 7 aromatic carbocycles. The second-order valence-electron chi connectivity index (χ2n) is 13.5. The summed E-state index contributed by atoms with van der Waals surface area (Å²) in [5.41, 5.74) is 1.41. The van der Waals surface area contributed by atoms with Crippen LogP contribution < -0.4 is 4.90 Å². The van der Waals surface area contributed by atoms with Crippen molar-refractivity contribution in [1.29, 1.82) is 0 Å². The number of hydrogen-bond acceptors (Lipinski definition) is 2. The van der Waals surface area contributed by atoms with Crippen molar-refractivity contribution in [3.05, 3.63) is 180 Å². The Morgan fingerprint density at radius 2 is 1.00 bits per heavy atom. The molecule has 0 saturated heterocycles. The van der Waals surface area contributed by atoms with Gasteiger partial charge in [0.25, 0.3) is 11.8 Å². The highest BCUT2D eigenvalue weighted by molar-refractivity contribution is 6.36. The summed E-state index contributed by atoms with van der Waals surface area (Å²) in [5.74, 6) is -1.22. The molecule has 0 saturated carbocycles. The standard InChI is InChI=1S/C46H26F6N2O2/c47-45(48,49)31-23-30(24-32(26-31)46(50,51)52)34-16-9-17-36-35-15-7-8-19-38(35)53(42(34)36)39-20-10-18-37-41(39)44(56)54(43(37)55)40-25-29(27-11-3-1-4-12-27)21-22-33(40)28-13-5-2-6-14-28/h1-26H. The largest absolute Gasteiger partial charge is 0.416 e. The molecule has 0 unspecified atom stereocenters. The molecule has 1 aromatic heterocycles. The maximum absolute atomic E-state index is 14.9. The molecular formula is C46H26F6N2O2. The Morgan fingerprint density at radius 3 is 1.68 bits per heavy atom. The topological polar surface area (TPSA) is 42.3 Å². The minimum Gasteiger partial charge on any atom is -0.308 e. The van der Waals surface area contributed by atoms with E-state index in [1.807, 2.05) is 72.8 Å². The molecule has 56 heavy (non-hydrogen) atoms. The van der Waals surface area contributed by atoms with Crippen LogP contribution in [0.15, 0.2) is 158 Å². The molecule has 1 aliphatic heterocycles. The molecule has 0 aliphatic carbocycles. The maximum Gasteiger partial charge on any atom is 0.416 e. The molecule has 2 heterocycles. The van der Waals surface area contributed by atoms with Gasteiger partial charge in [-0.1, -0.05) is 115 Å². The van der Waals surface area contributed by atoms with Gasteiger partial charge in [-0.2, -0.15) is 26.3 Å². The van der Waals surface area contributed by atoms with Crippen molar-refractivity contribution in [3.8, 4) is 39.1 Å². The summed E-state index contributed by atoms with van der Waals surface area (Å²) in [6.07, 6.45) is -10.1. The highest BCUT2D eigenvalue weighted by Crippen LogP contribution is 2.45. The number of rotatable bonds is 5. The number of carbonyl (C=O) groups excluding carboxylic acids is 2. The van der Waals surface area contributed by atoms with Crippen molar-refractivity contribution in [2.75, 3.05) is 4.90 Å². The fraction of sp³-hybridized carbons (Fsp3) is 0.0435. The maximum atomic E-state index is 14.9. The zero-order valence-corrected chi connectivity index (χ0v) is 29.0. The van der Waals surface area contributed by atoms with Crippen molar-refractivity contribution in [2.45, 2.75) is 12.4 Å². The van der Waals surface area contributed by atoms with Gasteiger partial charge in [-0.25, -0.2) is 4.90 Å². The number of alkyl halides is 6. The molecule has 0 bridgehead atoms. The van der Waals surface area contributed by atoms with E-state index in [0.717, 1.165) is 21.6 Å². The highest BCUT2D eigenvalue weighted by Gasteiger charge is 2.41. The smallest absolute Gasteiger partial charge is 0.308 e. The first-order chi connectivity index (χ1) is 26.9. The summed E-state index contributed by atoms with van der Waals surface area (Å²) in [6, 6.07) is 42.5. The Kier molecular flexibility index (Phi) is 7.98. The SMILES string of the molecule is O=C1c2cccc(-n3c4ccccc4c4cccc(-c5cc(C(F)(F)F)cc(C(F)(F)F)c5)c43)c2C(=O)N1c1cc(-c2ccccc2)ccc1-c1ccccc1. The molecule has 0 N–H and O–H groups in total. The number of halogens is 6. The predicted octanol–water partition coefficient (Wildman–Crippen LogP) is 12.6. The van der Waals surface area contributed by atoms with Gasteiger partial charge in [-0.05, 0) is 64.7 Å². The highest BCUT2D eigenvalue weighted by atomic mass is 19.4. The number of fused-ring (bicyclic) bond motifs is 4. The first-order valence-corrected chi connectivity index (χ1v) is 17.5. The van der Waals surface area contributed by atoms with Gasteiger partial charge in [-0.3, -0.25) is 9.59 Å². The summed E-state index contributed by atoms with van der Waals surface area (Å²) in [7, 11) is 0. The summed E-state index contributed by atoms with van der Waals surface area (Å²) in [5, 5.41) is 1.16. The van der Waals surface area contributed by atoms with Gasteiger partial charge in [0.2, 0.25) is 0 Å². The molecule has 8 aromatic rings. The minimum absolute atomic E-state index is 0.0408. The number of para-hydroxylation sites is 2. The van der Waals surface area contributed by atoms with Crippen LogP contribution >= 0.6 is 0 Å². The molecule has 0 radical (unpaired) electrons. The van der Waals surface area contributed by atoms with Gasteiger partial charge in [0.1, 0.15) is 0 Å². The zero-order valence-electron chi connectivity index (χ0n) is 29.0. The number of carbonyl (C=O) groups is 2. The van der Waals surface area contributed by atoms with E-state index in [2.05, 4.69) is 0 Å². The summed E-state index contributed by atoms with van der Waals surface area (Å²) in [6.45, 7) is 0. The molecule has 1 aliphatic rings. The Balaban J connectivity index is 1.29. The second kappa shape index (κ2) is 12.8. The van der Waals surface area contributed by atoms with Crippen LogP contribution in [-0.2, 0) is 12.4 Å². The van der Waals surface area contributed by atoms with Gasteiger partial charge in [-0.15, -0.1) is 0 Å². The Morgan fingerprint density at radius 1 is 0.411 bits per heavy atom. The average Bonchev–Trinajstić information content (AvgIpc) is 3.68. The molecule has 4 nitrogen and oxygen atoms in total. The van der Waals surface area contributed by atoms with Gasteiger partial charge in [0.15, 0.2) is 0 Å². The van der Waals surface area contributed by atoms with Crippen LogP contribution in [0.5, 0.6) is 0 Å². The fourth-order valence-corrected chi connectivity index (χ4v) is 7.67. The third kappa shape index (κ3) is 5.64. The minimum atomic E-state index is -5.07. The van der Waals surface area contributed by atoms with E-state index in [4.69, 9.17) is 0 Å². The summed E-state index contributed by atoms with van der Waals surface area (Å²) < 4.78 is 86.2. The molecule has 2 amide bonds. The summed E-state index contributed by atoms with van der Waals surface area (Å²) >= 11 is 0. The molecular weight excluding hydrogens is 727 g/mol. The zero-order chi connectivity index (χ0) is 38.9. The van der Waals surface area contributed by atoms with E-state index in [1.165, 1.54) is 6.07 Å².